The van der Waals surface area contributed by atoms with Crippen molar-refractivity contribution >= 4 is 21.6 Å². The molecule has 2 N–H and O–H groups in total. The number of fused-ring (bicyclic) bond motifs is 1. The Labute approximate surface area is 86.1 Å². The van der Waals surface area contributed by atoms with Gasteiger partial charge in [0.1, 0.15) is 0 Å². The molecule has 1 atom stereocenters. The first-order valence-electron chi connectivity index (χ1n) is 4.36. The van der Waals surface area contributed by atoms with E-state index in [2.05, 4.69) is 21.2 Å². The van der Waals surface area contributed by atoms with Crippen molar-refractivity contribution in [2.24, 2.45) is 0 Å². The van der Waals surface area contributed by atoms with Crippen molar-refractivity contribution in [3.05, 3.63) is 28.2 Å². The van der Waals surface area contributed by atoms with Crippen molar-refractivity contribution in [2.45, 2.75) is 18.9 Å². The number of anilines is 1. The lowest BCUT2D eigenvalue weighted by Gasteiger charge is -2.31. The number of rotatable bonds is 0. The van der Waals surface area contributed by atoms with Gasteiger partial charge >= 0.3 is 0 Å². The van der Waals surface area contributed by atoms with Gasteiger partial charge in [0.2, 0.25) is 0 Å². The van der Waals surface area contributed by atoms with E-state index in [0.717, 1.165) is 28.7 Å². The first kappa shape index (κ1) is 9.03. The van der Waals surface area contributed by atoms with Crippen molar-refractivity contribution in [3.8, 4) is 0 Å². The molecular weight excluding hydrogens is 230 g/mol. The fourth-order valence-corrected chi connectivity index (χ4v) is 2.05. The fourth-order valence-electron chi connectivity index (χ4n) is 1.69. The molecule has 1 aromatic rings. The third-order valence-corrected chi connectivity index (χ3v) is 2.98. The molecule has 0 amide bonds. The Morgan fingerprint density at radius 1 is 1.54 bits per heavy atom. The zero-order chi connectivity index (χ0) is 9.47. The molecule has 0 aromatic heterocycles. The van der Waals surface area contributed by atoms with E-state index < -0.39 is 5.60 Å². The summed E-state index contributed by atoms with van der Waals surface area (Å²) in [4.78, 5) is 0. The third-order valence-electron chi connectivity index (χ3n) is 2.49. The van der Waals surface area contributed by atoms with Crippen LogP contribution in [-0.4, -0.2) is 11.7 Å². The van der Waals surface area contributed by atoms with Crippen LogP contribution in [0.25, 0.3) is 0 Å². The van der Waals surface area contributed by atoms with Crippen LogP contribution in [0.2, 0.25) is 0 Å². The van der Waals surface area contributed by atoms with Crippen LogP contribution in [0.3, 0.4) is 0 Å². The van der Waals surface area contributed by atoms with Crippen molar-refractivity contribution in [1.29, 1.82) is 0 Å². The Balaban J connectivity index is 2.55. The second kappa shape index (κ2) is 3.00. The van der Waals surface area contributed by atoms with E-state index in [1.165, 1.54) is 0 Å². The van der Waals surface area contributed by atoms with Gasteiger partial charge < -0.3 is 10.4 Å². The molecule has 0 radical (unpaired) electrons. The summed E-state index contributed by atoms with van der Waals surface area (Å²) in [5.41, 5.74) is 1.33. The molecule has 0 saturated heterocycles. The van der Waals surface area contributed by atoms with Crippen molar-refractivity contribution in [1.82, 2.24) is 0 Å². The van der Waals surface area contributed by atoms with Crippen LogP contribution in [0, 0.1) is 0 Å². The lowest BCUT2D eigenvalue weighted by Crippen LogP contribution is -2.30. The second-order valence-electron chi connectivity index (χ2n) is 3.64. The van der Waals surface area contributed by atoms with Crippen LogP contribution in [0.5, 0.6) is 0 Å². The topological polar surface area (TPSA) is 32.3 Å². The highest BCUT2D eigenvalue weighted by Gasteiger charge is 2.29. The van der Waals surface area contributed by atoms with Crippen LogP contribution >= 0.6 is 15.9 Å². The summed E-state index contributed by atoms with van der Waals surface area (Å²) in [6.07, 6.45) is 0.760. The van der Waals surface area contributed by atoms with Gasteiger partial charge in [0.05, 0.1) is 5.60 Å². The Bertz CT molecular complexity index is 336. The van der Waals surface area contributed by atoms with E-state index in [1.807, 2.05) is 25.1 Å². The number of aliphatic hydroxyl groups is 1. The number of nitrogens with one attached hydrogen (secondary N) is 1. The molecular formula is C10H12BrNO. The van der Waals surface area contributed by atoms with Gasteiger partial charge in [-0.05, 0) is 31.5 Å². The van der Waals surface area contributed by atoms with Crippen LogP contribution in [0.1, 0.15) is 18.9 Å². The Kier molecular flexibility index (Phi) is 2.08. The number of hydrogen-bond donors (Lipinski definition) is 2. The van der Waals surface area contributed by atoms with Gasteiger partial charge in [0, 0.05) is 22.3 Å². The molecule has 1 aliphatic rings. The lowest BCUT2D eigenvalue weighted by atomic mass is 9.88. The molecule has 1 heterocycles. The van der Waals surface area contributed by atoms with Crippen LogP contribution < -0.4 is 5.32 Å². The predicted molar refractivity (Wildman–Crippen MR) is 56.8 cm³/mol. The Hall–Kier alpha value is -0.540. The van der Waals surface area contributed by atoms with Gasteiger partial charge in [-0.15, -0.1) is 0 Å². The quantitative estimate of drug-likeness (QED) is 0.732. The maximum absolute atomic E-state index is 10.1. The summed E-state index contributed by atoms with van der Waals surface area (Å²) in [7, 11) is 0. The molecule has 0 bridgehead atoms. The minimum Gasteiger partial charge on any atom is -0.385 e. The van der Waals surface area contributed by atoms with Crippen LogP contribution in [0.4, 0.5) is 5.69 Å². The summed E-state index contributed by atoms with van der Waals surface area (Å²) in [6.45, 7) is 2.70. The van der Waals surface area contributed by atoms with E-state index in [9.17, 15) is 5.11 Å². The molecule has 0 saturated carbocycles. The average molecular weight is 242 g/mol. The maximum atomic E-state index is 10.1. The average Bonchev–Trinajstić information content (AvgIpc) is 2.06. The smallest absolute Gasteiger partial charge is 0.0905 e. The molecule has 2 nitrogen and oxygen atoms in total. The van der Waals surface area contributed by atoms with E-state index in [-0.39, 0.29) is 0 Å². The number of hydrogen-bond acceptors (Lipinski definition) is 2. The molecule has 0 spiro atoms. The van der Waals surface area contributed by atoms with Crippen LogP contribution in [0.15, 0.2) is 22.7 Å². The summed E-state index contributed by atoms with van der Waals surface area (Å²) in [5, 5.41) is 13.4. The van der Waals surface area contributed by atoms with Crippen molar-refractivity contribution < 1.29 is 5.11 Å². The van der Waals surface area contributed by atoms with Gasteiger partial charge in [0.25, 0.3) is 0 Å². The summed E-state index contributed by atoms with van der Waals surface area (Å²) in [5.74, 6) is 0. The second-order valence-corrected chi connectivity index (χ2v) is 4.56. The number of benzene rings is 1. The molecule has 1 aliphatic heterocycles. The van der Waals surface area contributed by atoms with Gasteiger partial charge in [-0.1, -0.05) is 15.9 Å². The molecule has 0 aliphatic carbocycles. The predicted octanol–water partition coefficient (Wildman–Crippen LogP) is 2.47. The molecule has 2 rings (SSSR count). The highest BCUT2D eigenvalue weighted by atomic mass is 79.9. The van der Waals surface area contributed by atoms with E-state index in [4.69, 9.17) is 0 Å². The lowest BCUT2D eigenvalue weighted by molar-refractivity contribution is 0.0487. The van der Waals surface area contributed by atoms with Gasteiger partial charge in [-0.2, -0.15) is 0 Å². The number of halogens is 1. The Morgan fingerprint density at radius 3 is 3.08 bits per heavy atom. The normalized spacial score (nSPS) is 26.4. The third kappa shape index (κ3) is 1.58. The first-order valence-corrected chi connectivity index (χ1v) is 5.15. The van der Waals surface area contributed by atoms with Crippen molar-refractivity contribution in [2.75, 3.05) is 11.9 Å². The zero-order valence-electron chi connectivity index (χ0n) is 7.47. The van der Waals surface area contributed by atoms with Crippen molar-refractivity contribution in [3.63, 3.8) is 0 Å². The zero-order valence-corrected chi connectivity index (χ0v) is 9.06. The maximum Gasteiger partial charge on any atom is 0.0905 e. The largest absolute Gasteiger partial charge is 0.385 e. The molecule has 1 aromatic carbocycles. The highest BCUT2D eigenvalue weighted by Crippen LogP contribution is 2.36. The minimum atomic E-state index is -0.690. The monoisotopic (exact) mass is 241 g/mol. The first-order chi connectivity index (χ1) is 6.09. The standard InChI is InChI=1S/C10H12BrNO/c1-10(13)4-5-12-9-3-2-7(11)6-8(9)10/h2-3,6,12-13H,4-5H2,1H3. The SMILES string of the molecule is CC1(O)CCNc2ccc(Br)cc21. The van der Waals surface area contributed by atoms with Gasteiger partial charge in [-0.3, -0.25) is 0 Å². The van der Waals surface area contributed by atoms with Gasteiger partial charge in [-0.25, -0.2) is 0 Å². The molecule has 13 heavy (non-hydrogen) atoms. The Morgan fingerprint density at radius 2 is 2.31 bits per heavy atom. The summed E-state index contributed by atoms with van der Waals surface area (Å²) >= 11 is 3.40. The summed E-state index contributed by atoms with van der Waals surface area (Å²) in [6, 6.07) is 5.95. The molecule has 1 unspecified atom stereocenters. The molecule has 70 valence electrons. The van der Waals surface area contributed by atoms with E-state index >= 15 is 0 Å². The fraction of sp³-hybridized carbons (Fsp3) is 0.400. The molecule has 3 heteroatoms. The minimum absolute atomic E-state index is 0.690. The van der Waals surface area contributed by atoms with Gasteiger partial charge in [0.15, 0.2) is 0 Å². The van der Waals surface area contributed by atoms with Crippen LogP contribution in [-0.2, 0) is 5.60 Å². The van der Waals surface area contributed by atoms with E-state index in [0.29, 0.717) is 0 Å². The molecule has 0 fully saturated rings. The van der Waals surface area contributed by atoms with E-state index in [1.54, 1.807) is 0 Å². The highest BCUT2D eigenvalue weighted by molar-refractivity contribution is 9.10. The summed E-state index contributed by atoms with van der Waals surface area (Å²) < 4.78 is 1.01.